The Morgan fingerprint density at radius 1 is 0.943 bits per heavy atom. The van der Waals surface area contributed by atoms with Gasteiger partial charge in [0.2, 0.25) is 0 Å². The van der Waals surface area contributed by atoms with Gasteiger partial charge in [-0.05, 0) is 49.6 Å². The van der Waals surface area contributed by atoms with Crippen LogP contribution in [0.4, 0.5) is 13.2 Å². The number of alkyl halides is 3. The number of carbonyl (C=O) groups excluding carboxylic acids is 1. The van der Waals surface area contributed by atoms with Crippen molar-refractivity contribution in [3.63, 3.8) is 0 Å². The van der Waals surface area contributed by atoms with Crippen molar-refractivity contribution in [1.82, 2.24) is 4.90 Å². The molecule has 35 heavy (non-hydrogen) atoms. The number of aliphatic carboxylic acids is 1. The molecule has 9 heteroatoms. The Hall–Kier alpha value is -3.75. The Bertz CT molecular complexity index is 1090. The maximum Gasteiger partial charge on any atom is 0.406 e. The highest BCUT2D eigenvalue weighted by molar-refractivity contribution is 5.94. The van der Waals surface area contributed by atoms with E-state index < -0.39 is 24.6 Å². The van der Waals surface area contributed by atoms with E-state index in [0.717, 1.165) is 4.90 Å². The molecule has 0 saturated heterocycles. The highest BCUT2D eigenvalue weighted by Gasteiger charge is 2.34. The lowest BCUT2D eigenvalue weighted by atomic mass is 10.1. The zero-order chi connectivity index (χ0) is 25.3. The third-order valence-corrected chi connectivity index (χ3v) is 5.22. The number of hydrogen-bond acceptors (Lipinski definition) is 4. The fourth-order valence-electron chi connectivity index (χ4n) is 3.54. The van der Waals surface area contributed by atoms with Crippen molar-refractivity contribution >= 4 is 11.9 Å². The number of ether oxygens (including phenoxy) is 1. The van der Waals surface area contributed by atoms with Crippen molar-refractivity contribution in [2.45, 2.75) is 38.4 Å². The molecule has 3 aromatic rings. The van der Waals surface area contributed by atoms with E-state index in [9.17, 15) is 22.8 Å². The van der Waals surface area contributed by atoms with Crippen molar-refractivity contribution in [2.24, 2.45) is 0 Å². The van der Waals surface area contributed by atoms with Crippen LogP contribution in [0.3, 0.4) is 0 Å². The third-order valence-electron chi connectivity index (χ3n) is 5.22. The van der Waals surface area contributed by atoms with Crippen LogP contribution in [-0.4, -0.2) is 41.2 Å². The second kappa shape index (κ2) is 12.1. The summed E-state index contributed by atoms with van der Waals surface area (Å²) in [4.78, 5) is 24.4. The fraction of sp³-hybridized carbons (Fsp3) is 0.308. The van der Waals surface area contributed by atoms with Crippen molar-refractivity contribution in [1.29, 1.82) is 0 Å². The molecular weight excluding hydrogens is 463 g/mol. The Labute approximate surface area is 200 Å². The van der Waals surface area contributed by atoms with Crippen LogP contribution in [0.2, 0.25) is 0 Å². The standard InChI is InChI=1S/C26H26F3NO5/c27-26(28,29)18-30(25(33)20-13-11-19(12-14-20)22-9-6-16-35-22)17-21-7-3-4-8-23(21)34-15-5-1-2-10-24(31)32/h3-4,6-9,11-14,16H,1-2,5,10,15,17-18H2,(H,31,32). The number of carboxylic acid groups (broad SMARTS) is 1. The van der Waals surface area contributed by atoms with Crippen molar-refractivity contribution in [3.05, 3.63) is 78.1 Å². The molecule has 0 bridgehead atoms. The van der Waals surface area contributed by atoms with Crippen LogP contribution in [0, 0.1) is 0 Å². The summed E-state index contributed by atoms with van der Waals surface area (Å²) >= 11 is 0. The highest BCUT2D eigenvalue weighted by atomic mass is 19.4. The van der Waals surface area contributed by atoms with Gasteiger partial charge in [-0.2, -0.15) is 13.2 Å². The van der Waals surface area contributed by atoms with E-state index >= 15 is 0 Å². The quantitative estimate of drug-likeness (QED) is 0.308. The molecule has 0 atom stereocenters. The molecule has 186 valence electrons. The van der Waals surface area contributed by atoms with Crippen LogP contribution in [-0.2, 0) is 11.3 Å². The van der Waals surface area contributed by atoms with Crippen LogP contribution in [0.1, 0.15) is 41.6 Å². The minimum atomic E-state index is -4.58. The van der Waals surface area contributed by atoms with Gasteiger partial charge in [-0.25, -0.2) is 0 Å². The van der Waals surface area contributed by atoms with Crippen molar-refractivity contribution in [3.8, 4) is 17.1 Å². The molecule has 0 fully saturated rings. The minimum absolute atomic E-state index is 0.0770. The van der Waals surface area contributed by atoms with Gasteiger partial charge >= 0.3 is 12.1 Å². The van der Waals surface area contributed by atoms with Crippen LogP contribution < -0.4 is 4.74 Å². The Morgan fingerprint density at radius 3 is 2.34 bits per heavy atom. The minimum Gasteiger partial charge on any atom is -0.493 e. The average molecular weight is 489 g/mol. The number of furan rings is 1. The summed E-state index contributed by atoms with van der Waals surface area (Å²) in [6.07, 6.45) is -1.21. The summed E-state index contributed by atoms with van der Waals surface area (Å²) < 4.78 is 51.0. The predicted octanol–water partition coefficient (Wildman–Crippen LogP) is 6.18. The van der Waals surface area contributed by atoms with Gasteiger partial charge in [-0.15, -0.1) is 0 Å². The lowest BCUT2D eigenvalue weighted by Gasteiger charge is -2.25. The van der Waals surface area contributed by atoms with E-state index in [1.807, 2.05) is 0 Å². The summed E-state index contributed by atoms with van der Waals surface area (Å²) in [6.45, 7) is -1.40. The van der Waals surface area contributed by atoms with Gasteiger partial charge in [-0.1, -0.05) is 30.3 Å². The molecule has 0 aliphatic rings. The number of halogens is 3. The molecule has 2 aromatic carbocycles. The Balaban J connectivity index is 1.70. The van der Waals surface area contributed by atoms with Crippen molar-refractivity contribution in [2.75, 3.05) is 13.2 Å². The number of para-hydroxylation sites is 1. The number of hydrogen-bond donors (Lipinski definition) is 1. The fourth-order valence-corrected chi connectivity index (χ4v) is 3.54. The van der Waals surface area contributed by atoms with E-state index in [4.69, 9.17) is 14.3 Å². The molecule has 0 aliphatic heterocycles. The molecule has 0 radical (unpaired) electrons. The maximum atomic E-state index is 13.3. The number of nitrogens with zero attached hydrogens (tertiary/aromatic N) is 1. The summed E-state index contributed by atoms with van der Waals surface area (Å²) in [5, 5.41) is 8.69. The number of benzene rings is 2. The van der Waals surface area contributed by atoms with Crippen LogP contribution in [0.5, 0.6) is 5.75 Å². The second-order valence-electron chi connectivity index (χ2n) is 7.99. The summed E-state index contributed by atoms with van der Waals surface area (Å²) in [5.41, 5.74) is 1.28. The SMILES string of the molecule is O=C(O)CCCCCOc1ccccc1CN(CC(F)(F)F)C(=O)c1ccc(-c2ccco2)cc1. The van der Waals surface area contributed by atoms with Gasteiger partial charge in [0.05, 0.1) is 12.9 Å². The van der Waals surface area contributed by atoms with Gasteiger partial charge in [0.25, 0.3) is 5.91 Å². The number of carboxylic acids is 1. The molecule has 0 aliphatic carbocycles. The molecule has 1 aromatic heterocycles. The maximum absolute atomic E-state index is 13.3. The van der Waals surface area contributed by atoms with Gasteiger partial charge in [0, 0.05) is 29.7 Å². The second-order valence-corrected chi connectivity index (χ2v) is 7.99. The lowest BCUT2D eigenvalue weighted by Crippen LogP contribution is -2.38. The molecule has 3 rings (SSSR count). The molecule has 0 spiro atoms. The molecule has 6 nitrogen and oxygen atoms in total. The summed E-state index contributed by atoms with van der Waals surface area (Å²) in [6, 6.07) is 16.3. The first-order valence-electron chi connectivity index (χ1n) is 11.2. The molecule has 1 amide bonds. The number of amides is 1. The summed E-state index contributed by atoms with van der Waals surface area (Å²) in [7, 11) is 0. The van der Waals surface area contributed by atoms with E-state index in [1.165, 1.54) is 18.4 Å². The van der Waals surface area contributed by atoms with Gasteiger partial charge in [0.1, 0.15) is 18.1 Å². The highest BCUT2D eigenvalue weighted by Crippen LogP contribution is 2.26. The monoisotopic (exact) mass is 489 g/mol. The largest absolute Gasteiger partial charge is 0.493 e. The average Bonchev–Trinajstić information content (AvgIpc) is 3.35. The molecule has 1 N–H and O–H groups in total. The van der Waals surface area contributed by atoms with E-state index in [0.29, 0.717) is 41.9 Å². The predicted molar refractivity (Wildman–Crippen MR) is 123 cm³/mol. The normalized spacial score (nSPS) is 11.3. The van der Waals surface area contributed by atoms with Gasteiger partial charge < -0.3 is 19.2 Å². The van der Waals surface area contributed by atoms with Crippen LogP contribution in [0.15, 0.2) is 71.3 Å². The topological polar surface area (TPSA) is 80.0 Å². The zero-order valence-corrected chi connectivity index (χ0v) is 19.0. The number of carbonyl (C=O) groups is 2. The van der Waals surface area contributed by atoms with Crippen LogP contribution in [0.25, 0.3) is 11.3 Å². The molecule has 0 unspecified atom stereocenters. The first kappa shape index (κ1) is 25.9. The van der Waals surface area contributed by atoms with E-state index in [2.05, 4.69) is 0 Å². The first-order chi connectivity index (χ1) is 16.7. The van der Waals surface area contributed by atoms with E-state index in [1.54, 1.807) is 48.5 Å². The smallest absolute Gasteiger partial charge is 0.406 e. The first-order valence-corrected chi connectivity index (χ1v) is 11.2. The molecular formula is C26H26F3NO5. The van der Waals surface area contributed by atoms with Crippen LogP contribution >= 0.6 is 0 Å². The van der Waals surface area contributed by atoms with Gasteiger partial charge in [0.15, 0.2) is 0 Å². The molecule has 1 heterocycles. The number of rotatable bonds is 12. The number of unbranched alkanes of at least 4 members (excludes halogenated alkanes) is 2. The Kier molecular flexibility index (Phi) is 8.94. The van der Waals surface area contributed by atoms with Gasteiger partial charge in [-0.3, -0.25) is 9.59 Å². The van der Waals surface area contributed by atoms with Crippen molar-refractivity contribution < 1.29 is 37.0 Å². The Morgan fingerprint density at radius 2 is 1.69 bits per heavy atom. The van der Waals surface area contributed by atoms with E-state index in [-0.39, 0.29) is 25.1 Å². The third kappa shape index (κ3) is 8.20. The zero-order valence-electron chi connectivity index (χ0n) is 19.0. The molecule has 0 saturated carbocycles. The lowest BCUT2D eigenvalue weighted by molar-refractivity contribution is -0.141. The summed E-state index contributed by atoms with van der Waals surface area (Å²) in [5.74, 6) is -0.637.